The van der Waals surface area contributed by atoms with Crippen LogP contribution >= 0.6 is 23.1 Å². The summed E-state index contributed by atoms with van der Waals surface area (Å²) in [5, 5.41) is 9.48. The Balaban J connectivity index is 2.07. The Bertz CT molecular complexity index is 592. The Labute approximate surface area is 107 Å². The number of benzene rings is 1. The van der Waals surface area contributed by atoms with Crippen molar-refractivity contribution < 1.29 is 9.90 Å². The number of hydrogen-bond acceptors (Lipinski definition) is 4. The molecule has 0 saturated carbocycles. The molecule has 3 rings (SSSR count). The molecule has 2 aromatic rings. The first-order valence-corrected chi connectivity index (χ1v) is 6.97. The molecule has 0 atom stereocenters. The third-order valence-electron chi connectivity index (χ3n) is 2.55. The molecule has 1 aromatic carbocycles. The summed E-state index contributed by atoms with van der Waals surface area (Å²) in [6.07, 6.45) is 0.0184. The van der Waals surface area contributed by atoms with E-state index in [-0.39, 0.29) is 6.42 Å². The van der Waals surface area contributed by atoms with Crippen molar-refractivity contribution in [1.82, 2.24) is 4.98 Å². The molecule has 0 amide bonds. The van der Waals surface area contributed by atoms with E-state index in [0.717, 1.165) is 17.0 Å². The lowest BCUT2D eigenvalue weighted by atomic mass is 10.1. The zero-order valence-electron chi connectivity index (χ0n) is 8.84. The number of fused-ring (bicyclic) bond motifs is 3. The first-order chi connectivity index (χ1) is 8.24. The van der Waals surface area contributed by atoms with Gasteiger partial charge in [-0.1, -0.05) is 18.2 Å². The van der Waals surface area contributed by atoms with E-state index in [4.69, 9.17) is 5.11 Å². The Morgan fingerprint density at radius 1 is 1.41 bits per heavy atom. The van der Waals surface area contributed by atoms with Crippen molar-refractivity contribution in [2.45, 2.75) is 17.1 Å². The van der Waals surface area contributed by atoms with Crippen LogP contribution in [0.4, 0.5) is 0 Å². The average Bonchev–Trinajstić information content (AvgIpc) is 2.70. The zero-order valence-corrected chi connectivity index (χ0v) is 10.5. The lowest BCUT2D eigenvalue weighted by molar-refractivity contribution is -0.136. The third kappa shape index (κ3) is 1.96. The maximum Gasteiger partial charge on any atom is 0.310 e. The second-order valence-corrected chi connectivity index (χ2v) is 5.92. The minimum Gasteiger partial charge on any atom is -0.481 e. The van der Waals surface area contributed by atoms with Crippen LogP contribution in [0.3, 0.4) is 0 Å². The second kappa shape index (κ2) is 4.16. The number of nitrogens with zero attached hydrogens (tertiary/aromatic N) is 1. The molecule has 0 saturated heterocycles. The summed E-state index contributed by atoms with van der Waals surface area (Å²) in [5.74, 6) is 0.0703. The van der Waals surface area contributed by atoms with Gasteiger partial charge in [0.05, 0.1) is 12.1 Å². The lowest BCUT2D eigenvalue weighted by Crippen LogP contribution is -1.99. The molecular weight excluding hydrogens is 254 g/mol. The minimum atomic E-state index is -0.822. The number of hydrogen-bond donors (Lipinski definition) is 1. The van der Waals surface area contributed by atoms with Gasteiger partial charge in [0.2, 0.25) is 0 Å². The molecule has 86 valence electrons. The van der Waals surface area contributed by atoms with Gasteiger partial charge >= 0.3 is 5.97 Å². The van der Waals surface area contributed by atoms with Crippen molar-refractivity contribution in [1.29, 1.82) is 0 Å². The summed E-state index contributed by atoms with van der Waals surface area (Å²) in [4.78, 5) is 17.6. The van der Waals surface area contributed by atoms with Gasteiger partial charge in [-0.2, -0.15) is 0 Å². The van der Waals surface area contributed by atoms with E-state index < -0.39 is 5.97 Å². The number of thioether (sulfide) groups is 1. The van der Waals surface area contributed by atoms with Crippen LogP contribution in [0.15, 0.2) is 29.2 Å². The van der Waals surface area contributed by atoms with E-state index in [2.05, 4.69) is 11.1 Å². The van der Waals surface area contributed by atoms with Gasteiger partial charge in [0.1, 0.15) is 5.01 Å². The average molecular weight is 263 g/mol. The molecule has 1 aliphatic heterocycles. The Morgan fingerprint density at radius 3 is 3.06 bits per heavy atom. The molecule has 0 radical (unpaired) electrons. The molecule has 17 heavy (non-hydrogen) atoms. The fourth-order valence-electron chi connectivity index (χ4n) is 1.85. The number of aromatic nitrogens is 1. The zero-order chi connectivity index (χ0) is 11.8. The van der Waals surface area contributed by atoms with Crippen LogP contribution in [0.1, 0.15) is 9.88 Å². The fraction of sp³-hybridized carbons (Fsp3) is 0.167. The van der Waals surface area contributed by atoms with Gasteiger partial charge in [-0.3, -0.25) is 4.79 Å². The maximum absolute atomic E-state index is 10.7. The van der Waals surface area contributed by atoms with Crippen molar-refractivity contribution in [3.05, 3.63) is 34.2 Å². The van der Waals surface area contributed by atoms with Gasteiger partial charge in [-0.05, 0) is 6.07 Å². The Morgan fingerprint density at radius 2 is 2.24 bits per heavy atom. The van der Waals surface area contributed by atoms with E-state index in [1.165, 1.54) is 21.1 Å². The van der Waals surface area contributed by atoms with Crippen LogP contribution < -0.4 is 0 Å². The lowest BCUT2D eigenvalue weighted by Gasteiger charge is -2.13. The largest absolute Gasteiger partial charge is 0.481 e. The molecule has 0 aliphatic carbocycles. The highest BCUT2D eigenvalue weighted by Gasteiger charge is 2.21. The Hall–Kier alpha value is -1.33. The first kappa shape index (κ1) is 10.8. The number of carboxylic acid groups (broad SMARTS) is 1. The molecule has 5 heteroatoms. The number of thiazole rings is 1. The van der Waals surface area contributed by atoms with E-state index in [1.54, 1.807) is 11.8 Å². The molecule has 1 aromatic heterocycles. The monoisotopic (exact) mass is 263 g/mol. The van der Waals surface area contributed by atoms with Gasteiger partial charge in [-0.15, -0.1) is 23.1 Å². The third-order valence-corrected chi connectivity index (χ3v) is 4.88. The highest BCUT2D eigenvalue weighted by molar-refractivity contribution is 7.98. The summed E-state index contributed by atoms with van der Waals surface area (Å²) in [7, 11) is 0. The number of rotatable bonds is 2. The minimum absolute atomic E-state index is 0.0184. The highest BCUT2D eigenvalue weighted by atomic mass is 32.2. The van der Waals surface area contributed by atoms with Crippen LogP contribution in [0.2, 0.25) is 0 Å². The summed E-state index contributed by atoms with van der Waals surface area (Å²) >= 11 is 3.30. The molecule has 1 N–H and O–H groups in total. The predicted molar refractivity (Wildman–Crippen MR) is 68.5 cm³/mol. The van der Waals surface area contributed by atoms with Crippen LogP contribution in [-0.2, 0) is 17.0 Å². The SMILES string of the molecule is O=C(O)Cc1nc2c(s1)CSc1ccccc1-2. The van der Waals surface area contributed by atoms with Crippen LogP contribution in [0.5, 0.6) is 0 Å². The van der Waals surface area contributed by atoms with Gasteiger partial charge < -0.3 is 5.11 Å². The molecule has 3 nitrogen and oxygen atoms in total. The van der Waals surface area contributed by atoms with Gasteiger partial charge in [0.25, 0.3) is 0 Å². The van der Waals surface area contributed by atoms with Crippen LogP contribution in [0, 0.1) is 0 Å². The van der Waals surface area contributed by atoms with E-state index in [1.807, 2.05) is 18.2 Å². The summed E-state index contributed by atoms with van der Waals surface area (Å²) in [6.45, 7) is 0. The van der Waals surface area contributed by atoms with Gasteiger partial charge in [0.15, 0.2) is 0 Å². The molecular formula is C12H9NO2S2. The normalized spacial score (nSPS) is 12.9. The Kier molecular flexibility index (Phi) is 2.64. The van der Waals surface area contributed by atoms with Gasteiger partial charge in [0, 0.05) is 21.1 Å². The molecule has 0 bridgehead atoms. The molecule has 0 spiro atoms. The quantitative estimate of drug-likeness (QED) is 0.904. The van der Waals surface area contributed by atoms with Crippen LogP contribution in [-0.4, -0.2) is 16.1 Å². The fourth-order valence-corrected chi connectivity index (χ4v) is 4.05. The van der Waals surface area contributed by atoms with E-state index >= 15 is 0 Å². The number of aliphatic carboxylic acids is 1. The van der Waals surface area contributed by atoms with E-state index in [9.17, 15) is 4.79 Å². The van der Waals surface area contributed by atoms with E-state index in [0.29, 0.717) is 5.01 Å². The predicted octanol–water partition coefficient (Wildman–Crippen LogP) is 3.04. The summed E-state index contributed by atoms with van der Waals surface area (Å²) in [6, 6.07) is 8.13. The number of carbonyl (C=O) groups is 1. The van der Waals surface area contributed by atoms with Crippen molar-refractivity contribution in [3.8, 4) is 11.3 Å². The second-order valence-electron chi connectivity index (χ2n) is 3.73. The molecule has 0 unspecified atom stereocenters. The van der Waals surface area contributed by atoms with Crippen molar-refractivity contribution in [3.63, 3.8) is 0 Å². The summed E-state index contributed by atoms with van der Waals surface area (Å²) in [5.41, 5.74) is 2.10. The standard InChI is InChI=1S/C12H9NO2S2/c14-11(15)5-10-13-12-7-3-1-2-4-8(7)16-6-9(12)17-10/h1-4H,5-6H2,(H,14,15). The molecule has 1 aliphatic rings. The van der Waals surface area contributed by atoms with Gasteiger partial charge in [-0.25, -0.2) is 4.98 Å². The smallest absolute Gasteiger partial charge is 0.310 e. The first-order valence-electron chi connectivity index (χ1n) is 5.16. The molecule has 2 heterocycles. The van der Waals surface area contributed by atoms with Crippen molar-refractivity contribution >= 4 is 29.1 Å². The van der Waals surface area contributed by atoms with Crippen LogP contribution in [0.25, 0.3) is 11.3 Å². The van der Waals surface area contributed by atoms with Crippen molar-refractivity contribution in [2.24, 2.45) is 0 Å². The summed E-state index contributed by atoms with van der Waals surface area (Å²) < 4.78 is 0. The van der Waals surface area contributed by atoms with Crippen molar-refractivity contribution in [2.75, 3.05) is 0 Å². The molecule has 0 fully saturated rings. The highest BCUT2D eigenvalue weighted by Crippen LogP contribution is 2.43. The topological polar surface area (TPSA) is 50.2 Å². The maximum atomic E-state index is 10.7. The number of carboxylic acids is 1.